The van der Waals surface area contributed by atoms with E-state index in [0.29, 0.717) is 0 Å². The van der Waals surface area contributed by atoms with Crippen molar-refractivity contribution in [2.24, 2.45) is 0 Å². The summed E-state index contributed by atoms with van der Waals surface area (Å²) >= 11 is 0. The van der Waals surface area contributed by atoms with E-state index in [1.165, 1.54) is 29.5 Å². The number of likely N-dealkylation sites (tertiary alicyclic amines) is 1. The molecule has 4 heteroatoms. The lowest BCUT2D eigenvalue weighted by Crippen LogP contribution is -2.41. The van der Waals surface area contributed by atoms with Gasteiger partial charge in [-0.1, -0.05) is 23.8 Å². The van der Waals surface area contributed by atoms with Crippen molar-refractivity contribution in [3.05, 3.63) is 34.9 Å². The van der Waals surface area contributed by atoms with Gasteiger partial charge in [-0.15, -0.1) is 0 Å². The van der Waals surface area contributed by atoms with Crippen molar-refractivity contribution in [2.75, 3.05) is 34.2 Å². The number of fused-ring (bicyclic) bond motifs is 2. The molecule has 1 aliphatic carbocycles. The molecule has 1 N–H and O–H groups in total. The molecule has 0 saturated carbocycles. The van der Waals surface area contributed by atoms with E-state index in [4.69, 9.17) is 0 Å². The molecule has 1 unspecified atom stereocenters. The largest absolute Gasteiger partial charge is 0.331 e. The number of nitrogens with zero attached hydrogens (tertiary/aromatic N) is 2. The normalized spacial score (nSPS) is 23.4. The summed E-state index contributed by atoms with van der Waals surface area (Å²) in [5.41, 5.74) is 4.32. The molecule has 3 rings (SSSR count). The summed E-state index contributed by atoms with van der Waals surface area (Å²) in [4.78, 5) is 16.2. The molecule has 0 bridgehead atoms. The molecule has 0 aromatic heterocycles. The Labute approximate surface area is 133 Å². The number of carbonyl (C=O) groups is 1. The van der Waals surface area contributed by atoms with Gasteiger partial charge >= 0.3 is 6.03 Å². The van der Waals surface area contributed by atoms with E-state index in [1.807, 2.05) is 0 Å². The number of aryl methyl sites for hydroxylation is 1. The number of carbonyl (C=O) groups excluding carboxylic acids is 1. The van der Waals surface area contributed by atoms with Crippen molar-refractivity contribution in [3.63, 3.8) is 0 Å². The summed E-state index contributed by atoms with van der Waals surface area (Å²) in [6.07, 6.45) is 3.42. The van der Waals surface area contributed by atoms with Crippen molar-refractivity contribution in [1.82, 2.24) is 15.1 Å². The Balaban J connectivity index is 1.92. The molecule has 2 amide bonds. The summed E-state index contributed by atoms with van der Waals surface area (Å²) in [6, 6.07) is 6.94. The number of nitrogens with one attached hydrogen (secondary N) is 1. The van der Waals surface area contributed by atoms with Crippen LogP contribution < -0.4 is 5.32 Å². The minimum atomic E-state index is 0.00225. The Kier molecular flexibility index (Phi) is 3.89. The molecule has 1 aromatic carbocycles. The quantitative estimate of drug-likeness (QED) is 0.865. The molecule has 22 heavy (non-hydrogen) atoms. The lowest BCUT2D eigenvalue weighted by Gasteiger charge is -2.39. The first-order chi connectivity index (χ1) is 10.4. The molecule has 1 aliphatic heterocycles. The van der Waals surface area contributed by atoms with Gasteiger partial charge in [0.25, 0.3) is 0 Å². The first kappa shape index (κ1) is 15.3. The molecule has 0 radical (unpaired) electrons. The molecule has 1 heterocycles. The second-order valence-electron chi connectivity index (χ2n) is 7.27. The van der Waals surface area contributed by atoms with Crippen LogP contribution in [0.2, 0.25) is 0 Å². The minimum Gasteiger partial charge on any atom is -0.331 e. The van der Waals surface area contributed by atoms with Crippen molar-refractivity contribution >= 4 is 6.03 Å². The highest BCUT2D eigenvalue weighted by Gasteiger charge is 2.45. The summed E-state index contributed by atoms with van der Waals surface area (Å²) in [6.45, 7) is 4.41. The highest BCUT2D eigenvalue weighted by molar-refractivity contribution is 5.74. The van der Waals surface area contributed by atoms with Crippen molar-refractivity contribution in [3.8, 4) is 0 Å². The number of piperidine rings is 1. The maximum absolute atomic E-state index is 12.1. The second kappa shape index (κ2) is 5.58. The van der Waals surface area contributed by atoms with Gasteiger partial charge in [0.05, 0.1) is 6.04 Å². The average molecular weight is 301 g/mol. The van der Waals surface area contributed by atoms with E-state index >= 15 is 0 Å². The third-order valence-electron chi connectivity index (χ3n) is 5.40. The Morgan fingerprint density at radius 1 is 1.32 bits per heavy atom. The van der Waals surface area contributed by atoms with E-state index < -0.39 is 0 Å². The van der Waals surface area contributed by atoms with Crippen LogP contribution in [0.1, 0.15) is 42.0 Å². The van der Waals surface area contributed by atoms with E-state index in [0.717, 1.165) is 19.5 Å². The van der Waals surface area contributed by atoms with Gasteiger partial charge in [0.15, 0.2) is 0 Å². The predicted octanol–water partition coefficient (Wildman–Crippen LogP) is 2.67. The molecule has 1 saturated heterocycles. The lowest BCUT2D eigenvalue weighted by molar-refractivity contribution is 0.176. The van der Waals surface area contributed by atoms with Crippen LogP contribution in [0.15, 0.2) is 18.2 Å². The van der Waals surface area contributed by atoms with E-state index in [1.54, 1.807) is 19.0 Å². The molecular formula is C18H27N3O. The first-order valence-electron chi connectivity index (χ1n) is 8.19. The number of amides is 2. The van der Waals surface area contributed by atoms with Crippen LogP contribution in [0.4, 0.5) is 4.79 Å². The summed E-state index contributed by atoms with van der Waals surface area (Å²) in [5, 5.41) is 3.22. The smallest absolute Gasteiger partial charge is 0.317 e. The zero-order valence-electron chi connectivity index (χ0n) is 14.1. The fourth-order valence-corrected chi connectivity index (χ4v) is 3.99. The van der Waals surface area contributed by atoms with E-state index in [9.17, 15) is 4.79 Å². The first-order valence-corrected chi connectivity index (χ1v) is 8.19. The molecule has 4 nitrogen and oxygen atoms in total. The third-order valence-corrected chi connectivity index (χ3v) is 5.40. The van der Waals surface area contributed by atoms with Gasteiger partial charge in [-0.3, -0.25) is 0 Å². The standard InChI is InChI=1S/C18H27N3O/c1-13-5-6-15-14(11-13)16(19-17(22)20(2)3)12-18(15)7-9-21(4)10-8-18/h5-6,11,16H,7-10,12H2,1-4H3,(H,19,22). The molecular weight excluding hydrogens is 274 g/mol. The van der Waals surface area contributed by atoms with Crippen LogP contribution in [-0.4, -0.2) is 50.1 Å². The van der Waals surface area contributed by atoms with Crippen LogP contribution >= 0.6 is 0 Å². The maximum atomic E-state index is 12.1. The lowest BCUT2D eigenvalue weighted by atomic mass is 9.73. The number of hydrogen-bond donors (Lipinski definition) is 1. The van der Waals surface area contributed by atoms with Crippen LogP contribution in [0.25, 0.3) is 0 Å². The SMILES string of the molecule is Cc1ccc2c(c1)C(NC(=O)N(C)C)CC21CCN(C)CC1. The summed E-state index contributed by atoms with van der Waals surface area (Å²) < 4.78 is 0. The predicted molar refractivity (Wildman–Crippen MR) is 89.2 cm³/mol. The zero-order chi connectivity index (χ0) is 15.9. The Bertz CT molecular complexity index is 574. The van der Waals surface area contributed by atoms with Gasteiger partial charge in [0, 0.05) is 19.5 Å². The van der Waals surface area contributed by atoms with Gasteiger partial charge in [-0.2, -0.15) is 0 Å². The number of hydrogen-bond acceptors (Lipinski definition) is 2. The van der Waals surface area contributed by atoms with E-state index in [2.05, 4.69) is 42.4 Å². The Hall–Kier alpha value is -1.55. The fourth-order valence-electron chi connectivity index (χ4n) is 3.99. The third kappa shape index (κ3) is 2.60. The summed E-state index contributed by atoms with van der Waals surface area (Å²) in [7, 11) is 5.79. The van der Waals surface area contributed by atoms with Crippen molar-refractivity contribution in [2.45, 2.75) is 37.6 Å². The second-order valence-corrected chi connectivity index (χ2v) is 7.27. The molecule has 1 aromatic rings. The zero-order valence-corrected chi connectivity index (χ0v) is 14.1. The highest BCUT2D eigenvalue weighted by atomic mass is 16.2. The topological polar surface area (TPSA) is 35.6 Å². The number of rotatable bonds is 1. The van der Waals surface area contributed by atoms with Crippen LogP contribution in [0.3, 0.4) is 0 Å². The average Bonchev–Trinajstić information content (AvgIpc) is 2.76. The number of urea groups is 1. The summed E-state index contributed by atoms with van der Waals surface area (Å²) in [5.74, 6) is 0. The van der Waals surface area contributed by atoms with Gasteiger partial charge in [0.1, 0.15) is 0 Å². The monoisotopic (exact) mass is 301 g/mol. The Morgan fingerprint density at radius 2 is 2.00 bits per heavy atom. The molecule has 1 fully saturated rings. The minimum absolute atomic E-state index is 0.00225. The molecule has 1 spiro atoms. The van der Waals surface area contributed by atoms with Crippen LogP contribution in [0, 0.1) is 6.92 Å². The van der Waals surface area contributed by atoms with Gasteiger partial charge in [-0.05, 0) is 57.5 Å². The van der Waals surface area contributed by atoms with Gasteiger partial charge in [-0.25, -0.2) is 4.79 Å². The van der Waals surface area contributed by atoms with Gasteiger partial charge < -0.3 is 15.1 Å². The van der Waals surface area contributed by atoms with E-state index in [-0.39, 0.29) is 17.5 Å². The van der Waals surface area contributed by atoms with Crippen LogP contribution in [0.5, 0.6) is 0 Å². The van der Waals surface area contributed by atoms with Gasteiger partial charge in [0.2, 0.25) is 0 Å². The number of benzene rings is 1. The Morgan fingerprint density at radius 3 is 2.64 bits per heavy atom. The van der Waals surface area contributed by atoms with Crippen molar-refractivity contribution in [1.29, 1.82) is 0 Å². The van der Waals surface area contributed by atoms with Crippen LogP contribution in [-0.2, 0) is 5.41 Å². The fraction of sp³-hybridized carbons (Fsp3) is 0.611. The molecule has 120 valence electrons. The highest BCUT2D eigenvalue weighted by Crippen LogP contribution is 2.50. The molecule has 2 aliphatic rings. The maximum Gasteiger partial charge on any atom is 0.317 e. The van der Waals surface area contributed by atoms with Crippen molar-refractivity contribution < 1.29 is 4.79 Å². The molecule has 1 atom stereocenters.